The molecule has 1 aliphatic carbocycles. The van der Waals surface area contributed by atoms with Crippen molar-refractivity contribution in [3.05, 3.63) is 29.5 Å². The van der Waals surface area contributed by atoms with Crippen molar-refractivity contribution in [3.63, 3.8) is 0 Å². The number of carboxylic acid groups (broad SMARTS) is 1. The van der Waals surface area contributed by atoms with Crippen LogP contribution in [-0.2, 0) is 17.6 Å². The minimum atomic E-state index is -0.695. The summed E-state index contributed by atoms with van der Waals surface area (Å²) in [6.45, 7) is 2.62. The number of aliphatic carboxylic acids is 1. The molecule has 0 saturated carbocycles. The summed E-state index contributed by atoms with van der Waals surface area (Å²) in [5.41, 5.74) is 3.40. The number of rotatable bonds is 3. The highest BCUT2D eigenvalue weighted by Gasteiger charge is 2.26. The van der Waals surface area contributed by atoms with Crippen molar-refractivity contribution >= 4 is 16.9 Å². The van der Waals surface area contributed by atoms with Gasteiger partial charge < -0.3 is 14.8 Å². The second-order valence-corrected chi connectivity index (χ2v) is 5.00. The van der Waals surface area contributed by atoms with E-state index in [9.17, 15) is 4.79 Å². The Balaban J connectivity index is 2.02. The average Bonchev–Trinajstić information content (AvgIpc) is 2.76. The van der Waals surface area contributed by atoms with Gasteiger partial charge in [-0.2, -0.15) is 0 Å². The molecule has 19 heavy (non-hydrogen) atoms. The summed E-state index contributed by atoms with van der Waals surface area (Å²) in [6.07, 6.45) is 2.14. The van der Waals surface area contributed by atoms with Gasteiger partial charge in [-0.1, -0.05) is 0 Å². The van der Waals surface area contributed by atoms with Crippen molar-refractivity contribution in [1.82, 2.24) is 4.98 Å². The molecule has 0 bridgehead atoms. The van der Waals surface area contributed by atoms with E-state index in [0.29, 0.717) is 19.4 Å². The van der Waals surface area contributed by atoms with Crippen LogP contribution < -0.4 is 4.74 Å². The number of carboxylic acids is 1. The van der Waals surface area contributed by atoms with Crippen molar-refractivity contribution in [2.45, 2.75) is 26.2 Å². The summed E-state index contributed by atoms with van der Waals surface area (Å²) in [5, 5.41) is 10.3. The summed E-state index contributed by atoms with van der Waals surface area (Å²) in [6, 6.07) is 6.01. The highest BCUT2D eigenvalue weighted by atomic mass is 16.5. The monoisotopic (exact) mass is 259 g/mol. The molecule has 0 radical (unpaired) electrons. The van der Waals surface area contributed by atoms with Gasteiger partial charge in [-0.15, -0.1) is 0 Å². The van der Waals surface area contributed by atoms with Gasteiger partial charge in [0.2, 0.25) is 0 Å². The fourth-order valence-corrected chi connectivity index (χ4v) is 2.88. The molecular formula is C15H17NO3. The van der Waals surface area contributed by atoms with E-state index in [4.69, 9.17) is 9.84 Å². The number of benzene rings is 1. The number of aromatic nitrogens is 1. The molecule has 1 aromatic carbocycles. The van der Waals surface area contributed by atoms with Crippen LogP contribution >= 0.6 is 0 Å². The normalized spacial score (nSPS) is 18.3. The molecule has 2 N–H and O–H groups in total. The van der Waals surface area contributed by atoms with Gasteiger partial charge in [-0.05, 0) is 43.5 Å². The molecule has 100 valence electrons. The van der Waals surface area contributed by atoms with E-state index in [1.54, 1.807) is 0 Å². The first-order chi connectivity index (χ1) is 9.19. The van der Waals surface area contributed by atoms with Crippen LogP contribution in [0.5, 0.6) is 5.75 Å². The van der Waals surface area contributed by atoms with E-state index in [-0.39, 0.29) is 5.92 Å². The number of hydrogen-bond donors (Lipinski definition) is 2. The SMILES string of the molecule is CCOc1ccc2[nH]c3c(c2c1)CCC(C(=O)O)C3. The minimum absolute atomic E-state index is 0.257. The Morgan fingerprint density at radius 2 is 2.37 bits per heavy atom. The van der Waals surface area contributed by atoms with Crippen LogP contribution in [0.1, 0.15) is 24.6 Å². The molecule has 1 unspecified atom stereocenters. The van der Waals surface area contributed by atoms with Crippen LogP contribution in [0.3, 0.4) is 0 Å². The van der Waals surface area contributed by atoms with Crippen LogP contribution in [0, 0.1) is 5.92 Å². The van der Waals surface area contributed by atoms with E-state index in [1.165, 1.54) is 10.9 Å². The number of fused-ring (bicyclic) bond motifs is 3. The summed E-state index contributed by atoms with van der Waals surface area (Å²) in [7, 11) is 0. The summed E-state index contributed by atoms with van der Waals surface area (Å²) in [4.78, 5) is 14.4. The number of nitrogens with one attached hydrogen (secondary N) is 1. The van der Waals surface area contributed by atoms with Gasteiger partial charge in [-0.25, -0.2) is 0 Å². The zero-order chi connectivity index (χ0) is 13.4. The second-order valence-electron chi connectivity index (χ2n) is 5.00. The molecule has 4 nitrogen and oxygen atoms in total. The number of hydrogen-bond acceptors (Lipinski definition) is 2. The Morgan fingerprint density at radius 3 is 3.11 bits per heavy atom. The Morgan fingerprint density at radius 1 is 1.53 bits per heavy atom. The van der Waals surface area contributed by atoms with E-state index in [1.807, 2.05) is 19.1 Å². The van der Waals surface area contributed by atoms with E-state index in [0.717, 1.165) is 23.4 Å². The molecule has 4 heteroatoms. The quantitative estimate of drug-likeness (QED) is 0.891. The first-order valence-electron chi connectivity index (χ1n) is 6.68. The number of H-pyrrole nitrogens is 1. The van der Waals surface area contributed by atoms with Crippen molar-refractivity contribution in [3.8, 4) is 5.75 Å². The number of aromatic amines is 1. The van der Waals surface area contributed by atoms with Crippen molar-refractivity contribution in [2.75, 3.05) is 6.61 Å². The smallest absolute Gasteiger partial charge is 0.306 e. The van der Waals surface area contributed by atoms with Gasteiger partial charge in [0.15, 0.2) is 0 Å². The Labute approximate surface area is 111 Å². The maximum Gasteiger partial charge on any atom is 0.306 e. The van der Waals surface area contributed by atoms with Gasteiger partial charge >= 0.3 is 5.97 Å². The number of aryl methyl sites for hydroxylation is 1. The lowest BCUT2D eigenvalue weighted by Crippen LogP contribution is -2.21. The first-order valence-corrected chi connectivity index (χ1v) is 6.68. The molecule has 1 aromatic heterocycles. The van der Waals surface area contributed by atoms with Gasteiger partial charge in [0, 0.05) is 23.0 Å². The van der Waals surface area contributed by atoms with Crippen LogP contribution in [0.15, 0.2) is 18.2 Å². The Hall–Kier alpha value is -1.97. The lowest BCUT2D eigenvalue weighted by atomic mass is 9.87. The predicted molar refractivity (Wildman–Crippen MR) is 72.6 cm³/mol. The molecule has 0 spiro atoms. The standard InChI is InChI=1S/C15H17NO3/c1-2-19-10-4-6-13-12(8-10)11-5-3-9(15(17)18)7-14(11)16-13/h4,6,8-9,16H,2-3,5,7H2,1H3,(H,17,18). The topological polar surface area (TPSA) is 62.3 Å². The highest BCUT2D eigenvalue weighted by Crippen LogP contribution is 2.33. The fraction of sp³-hybridized carbons (Fsp3) is 0.400. The third-order valence-corrected chi connectivity index (χ3v) is 3.82. The summed E-state index contributed by atoms with van der Waals surface area (Å²) < 4.78 is 5.53. The van der Waals surface area contributed by atoms with Crippen LogP contribution in [0.2, 0.25) is 0 Å². The minimum Gasteiger partial charge on any atom is -0.494 e. The van der Waals surface area contributed by atoms with Crippen molar-refractivity contribution in [2.24, 2.45) is 5.92 Å². The maximum absolute atomic E-state index is 11.1. The molecule has 1 heterocycles. The van der Waals surface area contributed by atoms with E-state index in [2.05, 4.69) is 11.1 Å². The van der Waals surface area contributed by atoms with Crippen molar-refractivity contribution < 1.29 is 14.6 Å². The highest BCUT2D eigenvalue weighted by molar-refractivity contribution is 5.87. The number of ether oxygens (including phenoxy) is 1. The fourth-order valence-electron chi connectivity index (χ4n) is 2.88. The number of carbonyl (C=O) groups is 1. The molecule has 0 fully saturated rings. The van der Waals surface area contributed by atoms with Crippen molar-refractivity contribution in [1.29, 1.82) is 0 Å². The Kier molecular flexibility index (Phi) is 2.93. The Bertz CT molecular complexity index is 630. The molecular weight excluding hydrogens is 242 g/mol. The van der Waals surface area contributed by atoms with Gasteiger partial charge in [0.05, 0.1) is 12.5 Å². The van der Waals surface area contributed by atoms with E-state index < -0.39 is 5.97 Å². The molecule has 2 aromatic rings. The van der Waals surface area contributed by atoms with Crippen LogP contribution in [0.4, 0.5) is 0 Å². The first kappa shape index (κ1) is 12.1. The molecule has 0 aliphatic heterocycles. The maximum atomic E-state index is 11.1. The molecule has 1 atom stereocenters. The summed E-state index contributed by atoms with van der Waals surface area (Å²) in [5.74, 6) is -0.0802. The third-order valence-electron chi connectivity index (χ3n) is 3.82. The predicted octanol–water partition coefficient (Wildman–Crippen LogP) is 2.76. The van der Waals surface area contributed by atoms with Crippen LogP contribution in [-0.4, -0.2) is 22.7 Å². The molecule has 0 saturated heterocycles. The van der Waals surface area contributed by atoms with Crippen LogP contribution in [0.25, 0.3) is 10.9 Å². The zero-order valence-electron chi connectivity index (χ0n) is 10.9. The van der Waals surface area contributed by atoms with Gasteiger partial charge in [0.25, 0.3) is 0 Å². The third kappa shape index (κ3) is 2.07. The molecule has 0 amide bonds. The van der Waals surface area contributed by atoms with E-state index >= 15 is 0 Å². The molecule has 1 aliphatic rings. The average molecular weight is 259 g/mol. The lowest BCUT2D eigenvalue weighted by molar-refractivity contribution is -0.142. The van der Waals surface area contributed by atoms with Gasteiger partial charge in [0.1, 0.15) is 5.75 Å². The zero-order valence-corrected chi connectivity index (χ0v) is 10.9. The lowest BCUT2D eigenvalue weighted by Gasteiger charge is -2.18. The molecule has 3 rings (SSSR count). The second kappa shape index (κ2) is 4.61. The van der Waals surface area contributed by atoms with Gasteiger partial charge in [-0.3, -0.25) is 4.79 Å². The summed E-state index contributed by atoms with van der Waals surface area (Å²) >= 11 is 0. The largest absolute Gasteiger partial charge is 0.494 e.